The molecule has 1 unspecified atom stereocenters. The van der Waals surface area contributed by atoms with Crippen molar-refractivity contribution in [2.24, 2.45) is 4.99 Å². The van der Waals surface area contributed by atoms with Crippen molar-refractivity contribution in [1.29, 1.82) is 5.26 Å². The van der Waals surface area contributed by atoms with E-state index in [1.54, 1.807) is 0 Å². The van der Waals surface area contributed by atoms with Gasteiger partial charge in [-0.15, -0.1) is 0 Å². The molecule has 0 spiro atoms. The second-order valence-electron chi connectivity index (χ2n) is 14.5. The molecular formula is C49H43N5. The molecule has 0 fully saturated rings. The van der Waals surface area contributed by atoms with Crippen molar-refractivity contribution in [1.82, 2.24) is 9.88 Å². The number of nitrogens with zero attached hydrogens (tertiary/aromatic N) is 4. The number of rotatable bonds is 6. The van der Waals surface area contributed by atoms with E-state index < -0.39 is 0 Å². The summed E-state index contributed by atoms with van der Waals surface area (Å²) in [6.07, 6.45) is 2.93. The Balaban J connectivity index is 1.32. The van der Waals surface area contributed by atoms with Gasteiger partial charge in [-0.05, 0) is 108 Å². The van der Waals surface area contributed by atoms with Crippen LogP contribution in [0, 0.1) is 18.3 Å². The number of nitrogens with one attached hydrogen (secondary N) is 1. The van der Waals surface area contributed by atoms with Crippen LogP contribution in [0.5, 0.6) is 0 Å². The average Bonchev–Trinajstić information content (AvgIpc) is 3.53. The van der Waals surface area contributed by atoms with Gasteiger partial charge in [-0.2, -0.15) is 5.26 Å². The molecule has 0 radical (unpaired) electrons. The van der Waals surface area contributed by atoms with Crippen molar-refractivity contribution in [3.8, 4) is 17.2 Å². The maximum Gasteiger partial charge on any atom is 0.111 e. The number of hydrogen-bond acceptors (Lipinski definition) is 4. The summed E-state index contributed by atoms with van der Waals surface area (Å²) in [5.41, 5.74) is 15.0. The van der Waals surface area contributed by atoms with E-state index in [4.69, 9.17) is 0 Å². The lowest BCUT2D eigenvalue weighted by molar-refractivity contribution is 0.571. The van der Waals surface area contributed by atoms with Crippen LogP contribution in [-0.4, -0.2) is 24.9 Å². The largest absolute Gasteiger partial charge is 0.324 e. The van der Waals surface area contributed by atoms with Crippen LogP contribution in [0.25, 0.3) is 49.3 Å². The topological polar surface area (TPSA) is 56.4 Å². The van der Waals surface area contributed by atoms with Crippen molar-refractivity contribution in [2.75, 3.05) is 18.5 Å². The van der Waals surface area contributed by atoms with Gasteiger partial charge in [0.15, 0.2) is 0 Å². The zero-order valence-electron chi connectivity index (χ0n) is 31.2. The second kappa shape index (κ2) is 13.6. The smallest absolute Gasteiger partial charge is 0.111 e. The van der Waals surface area contributed by atoms with Gasteiger partial charge in [-0.1, -0.05) is 115 Å². The van der Waals surface area contributed by atoms with E-state index in [9.17, 15) is 5.26 Å². The molecule has 9 rings (SSSR count). The second-order valence-corrected chi connectivity index (χ2v) is 14.5. The minimum absolute atomic E-state index is 0.164. The lowest BCUT2D eigenvalue weighted by Gasteiger charge is -2.40. The Morgan fingerprint density at radius 2 is 1.35 bits per heavy atom. The highest BCUT2D eigenvalue weighted by molar-refractivity contribution is 6.26. The predicted molar refractivity (Wildman–Crippen MR) is 226 cm³/mol. The van der Waals surface area contributed by atoms with Crippen LogP contribution in [0.2, 0.25) is 0 Å². The van der Waals surface area contributed by atoms with Crippen molar-refractivity contribution in [3.63, 3.8) is 0 Å². The average molecular weight is 702 g/mol. The molecule has 1 aliphatic heterocycles. The lowest BCUT2D eigenvalue weighted by atomic mass is 9.90. The first-order valence-corrected chi connectivity index (χ1v) is 19.0. The fraction of sp³-hybridized carbons (Fsp3) is 0.184. The first kappa shape index (κ1) is 33.6. The zero-order chi connectivity index (χ0) is 36.9. The fourth-order valence-corrected chi connectivity index (χ4v) is 9.44. The molecule has 1 atom stereocenters. The van der Waals surface area contributed by atoms with Crippen molar-refractivity contribution in [3.05, 3.63) is 166 Å². The lowest BCUT2D eigenvalue weighted by Crippen LogP contribution is -2.38. The molecular weight excluding hydrogens is 659 g/mol. The third-order valence-electron chi connectivity index (χ3n) is 11.8. The third kappa shape index (κ3) is 5.13. The van der Waals surface area contributed by atoms with Crippen LogP contribution in [0.3, 0.4) is 0 Å². The summed E-state index contributed by atoms with van der Waals surface area (Å²) in [5, 5.41) is 21.1. The SMILES string of the molecule is C=NCCc1c(C)n(C2=C(C#N)C(C)=C(N3c4ccccc4Cc4ccccc4-c4ccccc4C3NC)CC2)c2c3ccccc3c3ccccc3c12. The summed E-state index contributed by atoms with van der Waals surface area (Å²) in [4.78, 5) is 6.78. The molecule has 54 heavy (non-hydrogen) atoms. The summed E-state index contributed by atoms with van der Waals surface area (Å²) in [6, 6.07) is 46.6. The van der Waals surface area contributed by atoms with Crippen LogP contribution >= 0.6 is 0 Å². The van der Waals surface area contributed by atoms with E-state index in [1.165, 1.54) is 77.2 Å². The van der Waals surface area contributed by atoms with E-state index >= 15 is 0 Å². The molecule has 1 N–H and O–H groups in total. The van der Waals surface area contributed by atoms with Crippen LogP contribution in [0.4, 0.5) is 5.69 Å². The summed E-state index contributed by atoms with van der Waals surface area (Å²) in [6.45, 7) is 8.85. The fourth-order valence-electron chi connectivity index (χ4n) is 9.44. The van der Waals surface area contributed by atoms with Gasteiger partial charge in [0.2, 0.25) is 0 Å². The molecule has 1 aliphatic carbocycles. The quantitative estimate of drug-likeness (QED) is 0.139. The number of hydrogen-bond donors (Lipinski definition) is 1. The van der Waals surface area contributed by atoms with Gasteiger partial charge in [-0.3, -0.25) is 5.32 Å². The molecule has 2 heterocycles. The summed E-state index contributed by atoms with van der Waals surface area (Å²) < 4.78 is 2.43. The van der Waals surface area contributed by atoms with Gasteiger partial charge < -0.3 is 14.5 Å². The summed E-state index contributed by atoms with van der Waals surface area (Å²) in [5.74, 6) is 0. The predicted octanol–water partition coefficient (Wildman–Crippen LogP) is 11.3. The summed E-state index contributed by atoms with van der Waals surface area (Å²) >= 11 is 0. The first-order chi connectivity index (χ1) is 26.5. The molecule has 5 heteroatoms. The van der Waals surface area contributed by atoms with Gasteiger partial charge in [0.1, 0.15) is 12.2 Å². The molecule has 5 nitrogen and oxygen atoms in total. The number of nitriles is 1. The standard InChI is InChI=1S/C49H43N5/c1-31-43(30-50)46(53-32(2)35(27-28-51-3)47-40-21-11-8-19-38(40)39-20-9-12-22-41(39)48(47)53)26-25-44(31)54-45-24-14-6-16-34(45)29-33-15-5-7-17-36(33)37-18-10-13-23-42(37)49(54)52-4/h5-24,49,52H,3,25-29H2,1-2,4H3. The van der Waals surface area contributed by atoms with E-state index in [0.717, 1.165) is 48.2 Å². The van der Waals surface area contributed by atoms with Gasteiger partial charge in [-0.25, -0.2) is 0 Å². The van der Waals surface area contributed by atoms with Crippen LogP contribution in [-0.2, 0) is 12.8 Å². The maximum atomic E-state index is 11.2. The molecule has 264 valence electrons. The Labute approximate surface area is 317 Å². The van der Waals surface area contributed by atoms with Crippen molar-refractivity contribution in [2.45, 2.75) is 45.7 Å². The molecule has 0 saturated carbocycles. The highest BCUT2D eigenvalue weighted by Crippen LogP contribution is 2.47. The van der Waals surface area contributed by atoms with Gasteiger partial charge in [0.05, 0.1) is 11.1 Å². The number of benzene rings is 6. The Morgan fingerprint density at radius 3 is 2.09 bits per heavy atom. The van der Waals surface area contributed by atoms with E-state index in [2.05, 4.69) is 175 Å². The van der Waals surface area contributed by atoms with Gasteiger partial charge >= 0.3 is 0 Å². The summed E-state index contributed by atoms with van der Waals surface area (Å²) in [7, 11) is 2.05. The van der Waals surface area contributed by atoms with E-state index in [0.29, 0.717) is 6.54 Å². The number of aromatic nitrogens is 1. The molecule has 6 aromatic carbocycles. The molecule has 0 amide bonds. The zero-order valence-corrected chi connectivity index (χ0v) is 31.2. The van der Waals surface area contributed by atoms with Gasteiger partial charge in [0, 0.05) is 46.5 Å². The Morgan fingerprint density at radius 1 is 0.741 bits per heavy atom. The molecule has 0 bridgehead atoms. The molecule has 0 saturated heterocycles. The normalized spacial score (nSPS) is 15.7. The third-order valence-corrected chi connectivity index (χ3v) is 11.8. The van der Waals surface area contributed by atoms with Crippen LogP contribution in [0.15, 0.2) is 143 Å². The number of aliphatic imine (C=N–C) groups is 1. The minimum atomic E-state index is -0.164. The van der Waals surface area contributed by atoms with E-state index in [1.807, 2.05) is 0 Å². The molecule has 1 aromatic heterocycles. The van der Waals surface area contributed by atoms with Crippen molar-refractivity contribution >= 4 is 50.5 Å². The molecule has 7 aromatic rings. The Kier molecular flexibility index (Phi) is 8.49. The molecule has 2 aliphatic rings. The van der Waals surface area contributed by atoms with Gasteiger partial charge in [0.25, 0.3) is 0 Å². The van der Waals surface area contributed by atoms with E-state index in [-0.39, 0.29) is 6.17 Å². The van der Waals surface area contributed by atoms with Crippen LogP contribution in [0.1, 0.15) is 53.9 Å². The Bertz CT molecular complexity index is 2750. The number of anilines is 1. The highest BCUT2D eigenvalue weighted by atomic mass is 15.3. The monoisotopic (exact) mass is 701 g/mol. The van der Waals surface area contributed by atoms with Crippen molar-refractivity contribution < 1.29 is 0 Å². The number of allylic oxidation sites excluding steroid dienone is 4. The maximum absolute atomic E-state index is 11.2. The highest BCUT2D eigenvalue weighted by Gasteiger charge is 2.34. The minimum Gasteiger partial charge on any atom is -0.324 e. The number of fused-ring (bicyclic) bond motifs is 10. The van der Waals surface area contributed by atoms with Crippen LogP contribution < -0.4 is 10.2 Å². The first-order valence-electron chi connectivity index (χ1n) is 19.0. The number of para-hydroxylation sites is 1. The Hall–Kier alpha value is -6.22.